The fourth-order valence-corrected chi connectivity index (χ4v) is 3.89. The van der Waals surface area contributed by atoms with Crippen molar-refractivity contribution in [3.8, 4) is 5.75 Å². The number of ether oxygens (including phenoxy) is 2. The van der Waals surface area contributed by atoms with Crippen LogP contribution in [0.5, 0.6) is 5.75 Å². The van der Waals surface area contributed by atoms with Gasteiger partial charge < -0.3 is 14.8 Å². The quantitative estimate of drug-likeness (QED) is 0.614. The zero-order chi connectivity index (χ0) is 19.7. The Bertz CT molecular complexity index is 916. The maximum atomic E-state index is 13.1. The Hall–Kier alpha value is -3.22. The van der Waals surface area contributed by atoms with E-state index in [-0.39, 0.29) is 5.92 Å². The normalized spacial score (nSPS) is 25.3. The molecule has 1 aliphatic heterocycles. The molecular formula is C21H20N2O5. The van der Waals surface area contributed by atoms with Crippen LogP contribution in [0.2, 0.25) is 0 Å². The summed E-state index contributed by atoms with van der Waals surface area (Å²) in [6.07, 6.45) is 0.676. The van der Waals surface area contributed by atoms with E-state index in [9.17, 15) is 14.5 Å². The molecule has 2 aromatic rings. The van der Waals surface area contributed by atoms with Crippen LogP contribution in [0, 0.1) is 10.8 Å². The first-order valence-corrected chi connectivity index (χ1v) is 9.12. The van der Waals surface area contributed by atoms with Crippen LogP contribution in [0.1, 0.15) is 23.6 Å². The van der Waals surface area contributed by atoms with E-state index in [1.165, 1.54) is 7.11 Å². The van der Waals surface area contributed by atoms with Crippen LogP contribution in [0.25, 0.3) is 0 Å². The Morgan fingerprint density at radius 3 is 2.64 bits per heavy atom. The Morgan fingerprint density at radius 1 is 1.21 bits per heavy atom. The number of methoxy groups -OCH3 is 1. The molecule has 28 heavy (non-hydrogen) atoms. The van der Waals surface area contributed by atoms with Gasteiger partial charge in [-0.25, -0.2) is 4.79 Å². The fraction of sp³-hybridized carbons (Fsp3) is 0.333. The van der Waals surface area contributed by atoms with Gasteiger partial charge in [0.2, 0.25) is 0 Å². The molecule has 2 aliphatic rings. The third kappa shape index (κ3) is 3.02. The summed E-state index contributed by atoms with van der Waals surface area (Å²) >= 11 is 0. The number of nitroso groups, excluding NO2 is 1. The topological polar surface area (TPSA) is 94.1 Å². The highest BCUT2D eigenvalue weighted by atomic mass is 16.5. The van der Waals surface area contributed by atoms with Crippen LogP contribution >= 0.6 is 0 Å². The zero-order valence-electron chi connectivity index (χ0n) is 15.3. The second kappa shape index (κ2) is 7.07. The first kappa shape index (κ1) is 18.2. The molecule has 7 heteroatoms. The third-order valence-electron chi connectivity index (χ3n) is 5.44. The van der Waals surface area contributed by atoms with Gasteiger partial charge in [0.05, 0.1) is 7.11 Å². The lowest BCUT2D eigenvalue weighted by Crippen LogP contribution is -2.51. The molecule has 0 aromatic heterocycles. The molecule has 4 rings (SSSR count). The summed E-state index contributed by atoms with van der Waals surface area (Å²) in [6, 6.07) is 15.0. The number of carbonyl (C=O) groups excluding carboxylic acids is 2. The maximum absolute atomic E-state index is 13.1. The zero-order valence-corrected chi connectivity index (χ0v) is 15.3. The van der Waals surface area contributed by atoms with Gasteiger partial charge in [0.1, 0.15) is 17.8 Å². The number of fused-ring (bicyclic) bond motifs is 2. The summed E-state index contributed by atoms with van der Waals surface area (Å²) < 4.78 is 10.8. The average Bonchev–Trinajstić information content (AvgIpc) is 3.47. The maximum Gasteiger partial charge on any atom is 0.328 e. The van der Waals surface area contributed by atoms with Gasteiger partial charge in [0.25, 0.3) is 5.91 Å². The number of benzene rings is 2. The molecule has 0 bridgehead atoms. The molecule has 1 heterocycles. The van der Waals surface area contributed by atoms with E-state index in [2.05, 4.69) is 10.5 Å². The van der Waals surface area contributed by atoms with Crippen molar-refractivity contribution in [1.29, 1.82) is 0 Å². The van der Waals surface area contributed by atoms with Crippen molar-refractivity contribution in [2.24, 2.45) is 11.1 Å². The van der Waals surface area contributed by atoms with E-state index in [4.69, 9.17) is 9.47 Å². The van der Waals surface area contributed by atoms with Crippen LogP contribution in [-0.2, 0) is 20.7 Å². The number of nitrogens with zero attached hydrogens (tertiary/aromatic N) is 1. The summed E-state index contributed by atoms with van der Waals surface area (Å²) in [5.74, 6) is -0.817. The smallest absolute Gasteiger partial charge is 0.328 e. The van der Waals surface area contributed by atoms with E-state index in [1.54, 1.807) is 18.2 Å². The number of nitrogens with one attached hydrogen (secondary N) is 1. The number of carbonyl (C=O) groups is 2. The van der Waals surface area contributed by atoms with Crippen molar-refractivity contribution < 1.29 is 19.1 Å². The van der Waals surface area contributed by atoms with Crippen molar-refractivity contribution in [1.82, 2.24) is 5.32 Å². The summed E-state index contributed by atoms with van der Waals surface area (Å²) in [4.78, 5) is 36.7. The molecule has 1 N–H and O–H groups in total. The first-order valence-electron chi connectivity index (χ1n) is 9.12. The number of hydrogen-bond acceptors (Lipinski definition) is 6. The molecule has 1 unspecified atom stereocenters. The average molecular weight is 380 g/mol. The van der Waals surface area contributed by atoms with Gasteiger partial charge in [-0.3, -0.25) is 4.79 Å². The molecule has 144 valence electrons. The molecule has 1 amide bonds. The van der Waals surface area contributed by atoms with Gasteiger partial charge in [0.15, 0.2) is 5.60 Å². The Labute approximate surface area is 162 Å². The van der Waals surface area contributed by atoms with E-state index in [1.807, 2.05) is 36.4 Å². The molecular weight excluding hydrogens is 360 g/mol. The predicted molar refractivity (Wildman–Crippen MR) is 101 cm³/mol. The van der Waals surface area contributed by atoms with E-state index in [0.717, 1.165) is 5.56 Å². The highest BCUT2D eigenvalue weighted by Crippen LogP contribution is 2.60. The first-order chi connectivity index (χ1) is 13.6. The number of para-hydroxylation sites is 1. The number of rotatable bonds is 6. The molecule has 1 aliphatic carbocycles. The summed E-state index contributed by atoms with van der Waals surface area (Å²) in [5, 5.41) is 6.00. The monoisotopic (exact) mass is 380 g/mol. The van der Waals surface area contributed by atoms with Gasteiger partial charge in [-0.1, -0.05) is 53.7 Å². The van der Waals surface area contributed by atoms with Gasteiger partial charge in [-0.15, -0.1) is 0 Å². The predicted octanol–water partition coefficient (Wildman–Crippen LogP) is 2.55. The summed E-state index contributed by atoms with van der Waals surface area (Å²) in [5.41, 5.74) is 0.415. The molecule has 2 aromatic carbocycles. The van der Waals surface area contributed by atoms with Crippen molar-refractivity contribution in [3.05, 3.63) is 70.6 Å². The molecule has 1 fully saturated rings. The van der Waals surface area contributed by atoms with Crippen molar-refractivity contribution >= 4 is 11.9 Å². The minimum absolute atomic E-state index is 0.298. The van der Waals surface area contributed by atoms with Crippen molar-refractivity contribution in [2.75, 3.05) is 7.11 Å². The van der Waals surface area contributed by atoms with Gasteiger partial charge in [-0.2, -0.15) is 4.91 Å². The second-order valence-electron chi connectivity index (χ2n) is 7.13. The van der Waals surface area contributed by atoms with Gasteiger partial charge in [-0.05, 0) is 11.6 Å². The van der Waals surface area contributed by atoms with Crippen LogP contribution in [0.15, 0.2) is 59.8 Å². The molecule has 4 atom stereocenters. The summed E-state index contributed by atoms with van der Waals surface area (Å²) in [6.45, 7) is 0. The lowest BCUT2D eigenvalue weighted by molar-refractivity contribution is -0.146. The van der Waals surface area contributed by atoms with E-state index >= 15 is 0 Å². The lowest BCUT2D eigenvalue weighted by atomic mass is 9.96. The molecule has 0 saturated heterocycles. The van der Waals surface area contributed by atoms with E-state index < -0.39 is 29.6 Å². The fourth-order valence-electron chi connectivity index (χ4n) is 3.89. The minimum atomic E-state index is -1.17. The number of esters is 1. The number of hydrogen-bond donors (Lipinski definition) is 1. The SMILES string of the molecule is COC(=O)[C@H](Cc1ccccc1)NC(=O)[C@]12C[C@H]1C(N=O)c1ccccc1O2. The molecule has 0 spiro atoms. The van der Waals surface area contributed by atoms with Gasteiger partial charge in [0, 0.05) is 24.3 Å². The van der Waals surface area contributed by atoms with Crippen molar-refractivity contribution in [2.45, 2.75) is 30.5 Å². The second-order valence-corrected chi connectivity index (χ2v) is 7.13. The Kier molecular flexibility index (Phi) is 4.58. The third-order valence-corrected chi connectivity index (χ3v) is 5.44. The van der Waals surface area contributed by atoms with Crippen LogP contribution in [-0.4, -0.2) is 30.6 Å². The Balaban J connectivity index is 1.55. The highest BCUT2D eigenvalue weighted by Gasteiger charge is 2.69. The highest BCUT2D eigenvalue weighted by molar-refractivity contribution is 5.93. The lowest BCUT2D eigenvalue weighted by Gasteiger charge is -2.29. The van der Waals surface area contributed by atoms with Crippen LogP contribution in [0.3, 0.4) is 0 Å². The van der Waals surface area contributed by atoms with Gasteiger partial charge >= 0.3 is 5.97 Å². The van der Waals surface area contributed by atoms with Crippen LogP contribution in [0.4, 0.5) is 0 Å². The number of amides is 1. The molecule has 1 saturated carbocycles. The van der Waals surface area contributed by atoms with Crippen LogP contribution < -0.4 is 10.1 Å². The largest absolute Gasteiger partial charge is 0.477 e. The molecule has 0 radical (unpaired) electrons. The summed E-state index contributed by atoms with van der Waals surface area (Å²) in [7, 11) is 1.28. The minimum Gasteiger partial charge on any atom is -0.477 e. The Morgan fingerprint density at radius 2 is 1.93 bits per heavy atom. The van der Waals surface area contributed by atoms with E-state index in [0.29, 0.717) is 24.2 Å². The standard InChI is InChI=1S/C21H20N2O5/c1-27-19(24)16(11-13-7-3-2-4-8-13)22-20(25)21-12-15(21)18(23-26)14-9-5-6-10-17(14)28-21/h2-10,15-16,18H,11-12H2,1H3,(H,22,25)/t15-,16-,18?,21-/m0/s1. The molecule has 7 nitrogen and oxygen atoms in total. The van der Waals surface area contributed by atoms with Crippen molar-refractivity contribution in [3.63, 3.8) is 0 Å².